The molecule has 2 aliphatic carbocycles. The van der Waals surface area contributed by atoms with E-state index in [0.717, 1.165) is 24.0 Å². The molecule has 0 radical (unpaired) electrons. The summed E-state index contributed by atoms with van der Waals surface area (Å²) >= 11 is 0. The van der Waals surface area contributed by atoms with Crippen molar-refractivity contribution in [1.29, 1.82) is 0 Å². The Labute approximate surface area is 175 Å². The average molecular weight is 428 g/mol. The summed E-state index contributed by atoms with van der Waals surface area (Å²) in [5, 5.41) is 50.9. The van der Waals surface area contributed by atoms with Gasteiger partial charge in [0.25, 0.3) is 0 Å². The highest BCUT2D eigenvalue weighted by molar-refractivity contribution is 5.77. The first kappa shape index (κ1) is 22.1. The molecule has 2 saturated heterocycles. The van der Waals surface area contributed by atoms with Crippen molar-refractivity contribution in [3.05, 3.63) is 11.1 Å². The third-order valence-electron chi connectivity index (χ3n) is 7.79. The molecule has 30 heavy (non-hydrogen) atoms. The van der Waals surface area contributed by atoms with Crippen molar-refractivity contribution in [2.75, 3.05) is 6.61 Å². The van der Waals surface area contributed by atoms with Crippen molar-refractivity contribution in [1.82, 2.24) is 0 Å². The van der Waals surface area contributed by atoms with Gasteiger partial charge in [-0.2, -0.15) is 0 Å². The molecule has 0 spiro atoms. The van der Waals surface area contributed by atoms with E-state index in [2.05, 4.69) is 6.92 Å². The van der Waals surface area contributed by atoms with Gasteiger partial charge in [-0.3, -0.25) is 4.79 Å². The molecule has 2 aliphatic heterocycles. The van der Waals surface area contributed by atoms with Crippen LogP contribution in [0, 0.1) is 11.3 Å². The van der Waals surface area contributed by atoms with Crippen LogP contribution in [0.3, 0.4) is 0 Å². The highest BCUT2D eigenvalue weighted by Gasteiger charge is 2.62. The standard InChI is InChI=1S/C21H32O9/c1-9-11(28-19-16(25)15(24)14(23)12(8-22)29-19)4-5-20(3)6-7-21(27)10(2)18(26)30-17(21)13(9)20/h10-12,14-17,19,22-25,27H,4-8H2,1-3H3/t10-,11+,12?,14-,15+,16-,17-,19+,20+,21+/m0/s1. The normalized spacial score (nSPS) is 51.4. The molecule has 0 amide bonds. The molecule has 9 heteroatoms. The molecule has 0 aromatic heterocycles. The van der Waals surface area contributed by atoms with Gasteiger partial charge in [0.1, 0.15) is 30.0 Å². The highest BCUT2D eigenvalue weighted by atomic mass is 16.7. The molecule has 10 atom stereocenters. The van der Waals surface area contributed by atoms with Crippen LogP contribution in [-0.2, 0) is 19.0 Å². The number of carbonyl (C=O) groups is 1. The largest absolute Gasteiger partial charge is 0.454 e. The maximum absolute atomic E-state index is 12.2. The first-order chi connectivity index (χ1) is 14.0. The second kappa shape index (κ2) is 7.51. The van der Waals surface area contributed by atoms with Gasteiger partial charge in [0.05, 0.1) is 18.6 Å². The van der Waals surface area contributed by atoms with Crippen LogP contribution in [0.25, 0.3) is 0 Å². The Morgan fingerprint density at radius 2 is 1.83 bits per heavy atom. The van der Waals surface area contributed by atoms with Crippen LogP contribution in [-0.4, -0.2) is 86.6 Å². The highest BCUT2D eigenvalue weighted by Crippen LogP contribution is 2.57. The van der Waals surface area contributed by atoms with Crippen LogP contribution >= 0.6 is 0 Å². The van der Waals surface area contributed by atoms with Crippen molar-refractivity contribution in [3.63, 3.8) is 0 Å². The summed E-state index contributed by atoms with van der Waals surface area (Å²) in [5.74, 6) is -1.02. The molecule has 2 heterocycles. The quantitative estimate of drug-likeness (QED) is 0.293. The molecule has 0 aromatic carbocycles. The van der Waals surface area contributed by atoms with Gasteiger partial charge in [0.2, 0.25) is 0 Å². The molecule has 9 nitrogen and oxygen atoms in total. The molecule has 0 aromatic rings. The number of fused-ring (bicyclic) bond motifs is 3. The van der Waals surface area contributed by atoms with Gasteiger partial charge >= 0.3 is 5.97 Å². The Kier molecular flexibility index (Phi) is 5.54. The van der Waals surface area contributed by atoms with Gasteiger partial charge in [-0.25, -0.2) is 0 Å². The summed E-state index contributed by atoms with van der Waals surface area (Å²) in [6.45, 7) is 5.12. The lowest BCUT2D eigenvalue weighted by molar-refractivity contribution is -0.309. The van der Waals surface area contributed by atoms with E-state index in [9.17, 15) is 30.3 Å². The lowest BCUT2D eigenvalue weighted by atomic mass is 9.57. The Bertz CT molecular complexity index is 736. The van der Waals surface area contributed by atoms with E-state index in [1.54, 1.807) is 6.92 Å². The van der Waals surface area contributed by atoms with Crippen LogP contribution in [0.2, 0.25) is 0 Å². The van der Waals surface area contributed by atoms with Crippen LogP contribution in [0.1, 0.15) is 46.5 Å². The minimum absolute atomic E-state index is 0.236. The molecule has 170 valence electrons. The van der Waals surface area contributed by atoms with Crippen LogP contribution in [0.15, 0.2) is 11.1 Å². The van der Waals surface area contributed by atoms with Gasteiger partial charge in [-0.05, 0) is 56.1 Å². The average Bonchev–Trinajstić information content (AvgIpc) is 2.94. The number of aliphatic hydroxyl groups excluding tert-OH is 4. The summed E-state index contributed by atoms with van der Waals surface area (Å²) in [7, 11) is 0. The number of rotatable bonds is 3. The van der Waals surface area contributed by atoms with Crippen LogP contribution < -0.4 is 0 Å². The third-order valence-corrected chi connectivity index (χ3v) is 7.79. The van der Waals surface area contributed by atoms with Gasteiger partial charge in [0, 0.05) is 0 Å². The predicted octanol–water partition coefficient (Wildman–Crippen LogP) is -0.625. The SMILES string of the molecule is CC1=C2[C@@H]3OC(=O)[C@H](C)[C@]3(O)CC[C@@]2(C)CC[C@H]1O[C@@H]1OC(CO)[C@H](O)[C@@H](O)[C@@H]1O. The Balaban J connectivity index is 1.62. The summed E-state index contributed by atoms with van der Waals surface area (Å²) < 4.78 is 17.1. The van der Waals surface area contributed by atoms with Gasteiger partial charge in [-0.15, -0.1) is 0 Å². The second-order valence-corrected chi connectivity index (χ2v) is 9.55. The number of ether oxygens (including phenoxy) is 3. The zero-order valence-corrected chi connectivity index (χ0v) is 17.5. The van der Waals surface area contributed by atoms with Crippen molar-refractivity contribution in [2.45, 2.75) is 95.0 Å². The summed E-state index contributed by atoms with van der Waals surface area (Å²) in [6.07, 6.45) is -5.41. The van der Waals surface area contributed by atoms with E-state index in [1.165, 1.54) is 0 Å². The zero-order valence-electron chi connectivity index (χ0n) is 17.5. The molecule has 0 bridgehead atoms. The van der Waals surface area contributed by atoms with E-state index < -0.39 is 67.0 Å². The monoisotopic (exact) mass is 428 g/mol. The molecule has 3 fully saturated rings. The zero-order chi connectivity index (χ0) is 22.0. The summed E-state index contributed by atoms with van der Waals surface area (Å²) in [4.78, 5) is 12.2. The topological polar surface area (TPSA) is 146 Å². The number of esters is 1. The lowest BCUT2D eigenvalue weighted by Gasteiger charge is -2.51. The van der Waals surface area contributed by atoms with Crippen LogP contribution in [0.4, 0.5) is 0 Å². The lowest BCUT2D eigenvalue weighted by Crippen LogP contribution is -2.60. The number of hydrogen-bond acceptors (Lipinski definition) is 9. The van der Waals surface area contributed by atoms with Gasteiger partial charge < -0.3 is 39.7 Å². The Hall–Kier alpha value is -1.07. The van der Waals surface area contributed by atoms with E-state index in [1.807, 2.05) is 6.92 Å². The molecular weight excluding hydrogens is 396 g/mol. The number of aliphatic hydroxyl groups is 5. The number of carbonyl (C=O) groups excluding carboxylic acids is 1. The Morgan fingerprint density at radius 1 is 1.13 bits per heavy atom. The molecule has 5 N–H and O–H groups in total. The fourth-order valence-corrected chi connectivity index (χ4v) is 5.63. The third kappa shape index (κ3) is 3.14. The summed E-state index contributed by atoms with van der Waals surface area (Å²) in [5.41, 5.74) is 0.180. The maximum atomic E-state index is 12.2. The van der Waals surface area contributed by atoms with Crippen LogP contribution in [0.5, 0.6) is 0 Å². The molecule has 1 unspecified atom stereocenters. The fourth-order valence-electron chi connectivity index (χ4n) is 5.63. The van der Waals surface area contributed by atoms with E-state index in [0.29, 0.717) is 12.8 Å². The molecule has 1 saturated carbocycles. The van der Waals surface area contributed by atoms with Crippen molar-refractivity contribution < 1.29 is 44.5 Å². The second-order valence-electron chi connectivity index (χ2n) is 9.55. The van der Waals surface area contributed by atoms with Crippen molar-refractivity contribution in [2.24, 2.45) is 11.3 Å². The number of hydrogen-bond donors (Lipinski definition) is 5. The fraction of sp³-hybridized carbons (Fsp3) is 0.857. The minimum Gasteiger partial charge on any atom is -0.454 e. The smallest absolute Gasteiger partial charge is 0.312 e. The first-order valence-corrected chi connectivity index (χ1v) is 10.6. The van der Waals surface area contributed by atoms with Gasteiger partial charge in [-0.1, -0.05) is 6.92 Å². The molecule has 4 rings (SSSR count). The van der Waals surface area contributed by atoms with E-state index in [-0.39, 0.29) is 5.41 Å². The van der Waals surface area contributed by atoms with Gasteiger partial charge in [0.15, 0.2) is 12.4 Å². The first-order valence-electron chi connectivity index (χ1n) is 10.6. The minimum atomic E-state index is -1.51. The predicted molar refractivity (Wildman–Crippen MR) is 102 cm³/mol. The van der Waals surface area contributed by atoms with Crippen molar-refractivity contribution in [3.8, 4) is 0 Å². The summed E-state index contributed by atoms with van der Waals surface area (Å²) in [6, 6.07) is 0. The van der Waals surface area contributed by atoms with E-state index >= 15 is 0 Å². The Morgan fingerprint density at radius 3 is 2.50 bits per heavy atom. The maximum Gasteiger partial charge on any atom is 0.312 e. The molecular formula is C21H32O9. The van der Waals surface area contributed by atoms with Crippen molar-refractivity contribution >= 4 is 5.97 Å². The van der Waals surface area contributed by atoms with E-state index in [4.69, 9.17) is 14.2 Å². The molecule has 4 aliphatic rings.